The molecule has 7 heteroatoms. The van der Waals surface area contributed by atoms with Gasteiger partial charge in [0.1, 0.15) is 6.04 Å². The van der Waals surface area contributed by atoms with Gasteiger partial charge in [-0.25, -0.2) is 0 Å². The van der Waals surface area contributed by atoms with Gasteiger partial charge >= 0.3 is 0 Å². The lowest BCUT2D eigenvalue weighted by Gasteiger charge is -2.15. The smallest absolute Gasteiger partial charge is 0.253 e. The van der Waals surface area contributed by atoms with Crippen LogP contribution in [0.4, 0.5) is 0 Å². The Bertz CT molecular complexity index is 885. The van der Waals surface area contributed by atoms with Gasteiger partial charge in [-0.2, -0.15) is 0 Å². The van der Waals surface area contributed by atoms with E-state index in [0.29, 0.717) is 16.1 Å². The summed E-state index contributed by atoms with van der Waals surface area (Å²) in [5.41, 5.74) is 1.64. The number of carbonyl (C=O) groups excluding carboxylic acids is 3. The fourth-order valence-electron chi connectivity index (χ4n) is 2.56. The molecule has 0 spiro atoms. The number of rotatable bonds is 8. The van der Waals surface area contributed by atoms with Crippen LogP contribution in [0.25, 0.3) is 0 Å². The highest BCUT2D eigenvalue weighted by atomic mass is 35.5. The van der Waals surface area contributed by atoms with E-state index in [1.165, 1.54) is 0 Å². The zero-order valence-corrected chi connectivity index (χ0v) is 17.5. The van der Waals surface area contributed by atoms with Crippen LogP contribution in [0.1, 0.15) is 53.5 Å². The highest BCUT2D eigenvalue weighted by molar-refractivity contribution is 6.33. The molecular formula is C22H26ClN3O3. The molecule has 2 aromatic rings. The Labute approximate surface area is 176 Å². The number of halogens is 1. The SMILES string of the molecule is CCC(C)NC(=O)c1cccc(CNC(=O)C(C)NC(=O)c2ccccc2Cl)c1. The topological polar surface area (TPSA) is 87.3 Å². The van der Waals surface area contributed by atoms with Crippen molar-refractivity contribution in [2.75, 3.05) is 0 Å². The molecule has 154 valence electrons. The van der Waals surface area contributed by atoms with Crippen molar-refractivity contribution < 1.29 is 14.4 Å². The van der Waals surface area contributed by atoms with E-state index < -0.39 is 11.9 Å². The summed E-state index contributed by atoms with van der Waals surface area (Å²) in [5, 5.41) is 8.64. The first kappa shape index (κ1) is 22.4. The molecule has 29 heavy (non-hydrogen) atoms. The van der Waals surface area contributed by atoms with Crippen molar-refractivity contribution in [1.29, 1.82) is 0 Å². The molecule has 0 saturated carbocycles. The fraction of sp³-hybridized carbons (Fsp3) is 0.318. The van der Waals surface area contributed by atoms with Crippen LogP contribution in [0.2, 0.25) is 5.02 Å². The number of benzene rings is 2. The normalized spacial score (nSPS) is 12.6. The molecule has 3 N–H and O–H groups in total. The molecule has 2 rings (SSSR count). The monoisotopic (exact) mass is 415 g/mol. The number of hydrogen-bond donors (Lipinski definition) is 3. The zero-order valence-electron chi connectivity index (χ0n) is 16.8. The lowest BCUT2D eigenvalue weighted by atomic mass is 10.1. The van der Waals surface area contributed by atoms with Crippen molar-refractivity contribution >= 4 is 29.3 Å². The summed E-state index contributed by atoms with van der Waals surface area (Å²) >= 11 is 6.01. The number of hydrogen-bond acceptors (Lipinski definition) is 3. The number of nitrogens with one attached hydrogen (secondary N) is 3. The van der Waals surface area contributed by atoms with Gasteiger partial charge in [0.2, 0.25) is 5.91 Å². The van der Waals surface area contributed by atoms with Gasteiger partial charge in [-0.3, -0.25) is 14.4 Å². The third kappa shape index (κ3) is 6.61. The molecule has 2 unspecified atom stereocenters. The van der Waals surface area contributed by atoms with Crippen LogP contribution in [-0.2, 0) is 11.3 Å². The van der Waals surface area contributed by atoms with Crippen molar-refractivity contribution in [2.24, 2.45) is 0 Å². The van der Waals surface area contributed by atoms with Gasteiger partial charge in [-0.15, -0.1) is 0 Å². The van der Waals surface area contributed by atoms with Crippen LogP contribution in [-0.4, -0.2) is 29.8 Å². The molecule has 2 aromatic carbocycles. The van der Waals surface area contributed by atoms with Gasteiger partial charge in [0.25, 0.3) is 11.8 Å². The number of amides is 3. The van der Waals surface area contributed by atoms with Crippen LogP contribution < -0.4 is 16.0 Å². The van der Waals surface area contributed by atoms with Crippen LogP contribution in [0.5, 0.6) is 0 Å². The Morgan fingerprint density at radius 3 is 2.38 bits per heavy atom. The Kier molecular flexibility index (Phi) is 8.21. The second-order valence-electron chi connectivity index (χ2n) is 6.88. The average molecular weight is 416 g/mol. The summed E-state index contributed by atoms with van der Waals surface area (Å²) < 4.78 is 0. The van der Waals surface area contributed by atoms with Gasteiger partial charge in [0.05, 0.1) is 10.6 Å². The van der Waals surface area contributed by atoms with E-state index >= 15 is 0 Å². The fourth-order valence-corrected chi connectivity index (χ4v) is 2.78. The van der Waals surface area contributed by atoms with Crippen molar-refractivity contribution in [2.45, 2.75) is 45.8 Å². The number of carbonyl (C=O) groups is 3. The minimum Gasteiger partial charge on any atom is -0.350 e. The van der Waals surface area contributed by atoms with Gasteiger partial charge in [0, 0.05) is 18.2 Å². The Morgan fingerprint density at radius 1 is 0.966 bits per heavy atom. The maximum atomic E-state index is 12.3. The Balaban J connectivity index is 1.91. The molecule has 0 aliphatic rings. The van der Waals surface area contributed by atoms with E-state index in [2.05, 4.69) is 16.0 Å². The van der Waals surface area contributed by atoms with Gasteiger partial charge in [0.15, 0.2) is 0 Å². The first-order chi connectivity index (χ1) is 13.8. The summed E-state index contributed by atoms with van der Waals surface area (Å²) in [6.07, 6.45) is 0.847. The Hall–Kier alpha value is -2.86. The summed E-state index contributed by atoms with van der Waals surface area (Å²) in [5.74, 6) is -0.894. The third-order valence-corrected chi connectivity index (χ3v) is 4.83. The molecule has 0 bridgehead atoms. The molecule has 0 aliphatic carbocycles. The molecule has 0 fully saturated rings. The van der Waals surface area contributed by atoms with Crippen molar-refractivity contribution in [3.63, 3.8) is 0 Å². The van der Waals surface area contributed by atoms with Crippen molar-refractivity contribution in [3.8, 4) is 0 Å². The largest absolute Gasteiger partial charge is 0.350 e. The molecule has 0 saturated heterocycles. The lowest BCUT2D eigenvalue weighted by Crippen LogP contribution is -2.44. The summed E-state index contributed by atoms with van der Waals surface area (Å²) in [6.45, 7) is 5.79. The van der Waals surface area contributed by atoms with Crippen LogP contribution in [0.3, 0.4) is 0 Å². The van der Waals surface area contributed by atoms with Crippen LogP contribution in [0, 0.1) is 0 Å². The quantitative estimate of drug-likeness (QED) is 0.618. The molecule has 6 nitrogen and oxygen atoms in total. The van der Waals surface area contributed by atoms with E-state index in [1.54, 1.807) is 49.4 Å². The van der Waals surface area contributed by atoms with Crippen LogP contribution >= 0.6 is 11.6 Å². The van der Waals surface area contributed by atoms with E-state index in [9.17, 15) is 14.4 Å². The van der Waals surface area contributed by atoms with Gasteiger partial charge in [-0.1, -0.05) is 42.8 Å². The first-order valence-electron chi connectivity index (χ1n) is 9.54. The predicted molar refractivity (Wildman–Crippen MR) is 114 cm³/mol. The lowest BCUT2D eigenvalue weighted by molar-refractivity contribution is -0.122. The average Bonchev–Trinajstić information content (AvgIpc) is 2.72. The zero-order chi connectivity index (χ0) is 21.4. The summed E-state index contributed by atoms with van der Waals surface area (Å²) in [4.78, 5) is 36.8. The standard InChI is InChI=1S/C22H26ClN3O3/c1-4-14(2)25-21(28)17-9-7-8-16(12-17)13-24-20(27)15(3)26-22(29)18-10-5-6-11-19(18)23/h5-12,14-15H,4,13H2,1-3H3,(H,24,27)(H,25,28)(H,26,29). The van der Waals surface area contributed by atoms with E-state index in [1.807, 2.05) is 19.9 Å². The molecule has 0 heterocycles. The molecule has 2 atom stereocenters. The van der Waals surface area contributed by atoms with Crippen LogP contribution in [0.15, 0.2) is 48.5 Å². The summed E-state index contributed by atoms with van der Waals surface area (Å²) in [7, 11) is 0. The first-order valence-corrected chi connectivity index (χ1v) is 9.92. The minimum absolute atomic E-state index is 0.0911. The third-order valence-electron chi connectivity index (χ3n) is 4.51. The predicted octanol–water partition coefficient (Wildman–Crippen LogP) is 3.30. The highest BCUT2D eigenvalue weighted by Gasteiger charge is 2.18. The van der Waals surface area contributed by atoms with E-state index in [0.717, 1.165) is 12.0 Å². The molecular weight excluding hydrogens is 390 g/mol. The molecule has 0 aliphatic heterocycles. The minimum atomic E-state index is -0.740. The molecule has 3 amide bonds. The second-order valence-corrected chi connectivity index (χ2v) is 7.28. The Morgan fingerprint density at radius 2 is 1.69 bits per heavy atom. The second kappa shape index (κ2) is 10.6. The van der Waals surface area contributed by atoms with E-state index in [4.69, 9.17) is 11.6 Å². The van der Waals surface area contributed by atoms with Gasteiger partial charge < -0.3 is 16.0 Å². The molecule has 0 aromatic heterocycles. The highest BCUT2D eigenvalue weighted by Crippen LogP contribution is 2.14. The maximum absolute atomic E-state index is 12.3. The maximum Gasteiger partial charge on any atom is 0.253 e. The summed E-state index contributed by atoms with van der Waals surface area (Å²) in [6, 6.07) is 13.1. The van der Waals surface area contributed by atoms with Crippen molar-refractivity contribution in [3.05, 3.63) is 70.2 Å². The molecule has 0 radical (unpaired) electrons. The van der Waals surface area contributed by atoms with Crippen molar-refractivity contribution in [1.82, 2.24) is 16.0 Å². The van der Waals surface area contributed by atoms with E-state index in [-0.39, 0.29) is 24.4 Å². The van der Waals surface area contributed by atoms with Gasteiger partial charge in [-0.05, 0) is 50.1 Å².